The lowest BCUT2D eigenvalue weighted by atomic mass is 9.91. The number of carboxylic acid groups (broad SMARTS) is 1. The lowest BCUT2D eigenvalue weighted by Gasteiger charge is -2.19. The number of rotatable bonds is 2. The van der Waals surface area contributed by atoms with E-state index in [2.05, 4.69) is 15.9 Å². The van der Waals surface area contributed by atoms with Crippen LogP contribution < -0.4 is 0 Å². The van der Waals surface area contributed by atoms with Crippen molar-refractivity contribution in [2.24, 2.45) is 5.41 Å². The fourth-order valence-electron chi connectivity index (χ4n) is 0.625. The van der Waals surface area contributed by atoms with Crippen molar-refractivity contribution < 1.29 is 9.90 Å². The van der Waals surface area contributed by atoms with Gasteiger partial charge in [0.1, 0.15) is 4.83 Å². The molecule has 0 aliphatic rings. The van der Waals surface area contributed by atoms with Crippen molar-refractivity contribution in [3.63, 3.8) is 0 Å². The van der Waals surface area contributed by atoms with Crippen molar-refractivity contribution in [2.75, 3.05) is 0 Å². The van der Waals surface area contributed by atoms with E-state index >= 15 is 0 Å². The van der Waals surface area contributed by atoms with E-state index in [-0.39, 0.29) is 5.41 Å². The highest BCUT2D eigenvalue weighted by Gasteiger charge is 2.21. The summed E-state index contributed by atoms with van der Waals surface area (Å²) in [5.41, 5.74) is 0.0759. The normalized spacial score (nSPS) is 14.8. The van der Waals surface area contributed by atoms with Crippen LogP contribution in [-0.4, -0.2) is 15.9 Å². The molecule has 0 saturated carbocycles. The summed E-state index contributed by atoms with van der Waals surface area (Å²) in [5.74, 6) is -0.782. The Morgan fingerprint density at radius 1 is 1.60 bits per heavy atom. The van der Waals surface area contributed by atoms with Gasteiger partial charge in [0, 0.05) is 0 Å². The molecule has 1 N–H and O–H groups in total. The van der Waals surface area contributed by atoms with Crippen molar-refractivity contribution >= 4 is 21.9 Å². The summed E-state index contributed by atoms with van der Waals surface area (Å²) in [6.45, 7) is 6.05. The minimum atomic E-state index is -0.782. The zero-order valence-corrected chi connectivity index (χ0v) is 8.10. The molecule has 0 fully saturated rings. The van der Waals surface area contributed by atoms with Crippen LogP contribution >= 0.6 is 15.9 Å². The van der Waals surface area contributed by atoms with Gasteiger partial charge in [-0.25, -0.2) is 0 Å². The molecular weight excluding hydrogens is 196 g/mol. The van der Waals surface area contributed by atoms with Crippen LogP contribution in [0.3, 0.4) is 0 Å². The summed E-state index contributed by atoms with van der Waals surface area (Å²) in [5, 5.41) is 8.50. The fraction of sp³-hybridized carbons (Fsp3) is 0.857. The molecule has 3 heteroatoms. The second-order valence-corrected chi connectivity index (χ2v) is 4.68. The van der Waals surface area contributed by atoms with Gasteiger partial charge < -0.3 is 5.11 Å². The molecule has 60 valence electrons. The Morgan fingerprint density at radius 3 is 2.10 bits per heavy atom. The molecule has 0 aromatic rings. The number of hydrogen-bond donors (Lipinski definition) is 1. The Hall–Kier alpha value is -0.0500. The van der Waals surface area contributed by atoms with Crippen molar-refractivity contribution in [1.82, 2.24) is 0 Å². The van der Waals surface area contributed by atoms with Gasteiger partial charge in [-0.3, -0.25) is 4.79 Å². The third-order valence-electron chi connectivity index (χ3n) is 1.06. The topological polar surface area (TPSA) is 37.3 Å². The van der Waals surface area contributed by atoms with Crippen molar-refractivity contribution in [2.45, 2.75) is 32.0 Å². The largest absolute Gasteiger partial charge is 0.480 e. The van der Waals surface area contributed by atoms with E-state index < -0.39 is 10.8 Å². The van der Waals surface area contributed by atoms with Gasteiger partial charge in [0.25, 0.3) is 0 Å². The quantitative estimate of drug-likeness (QED) is 0.708. The van der Waals surface area contributed by atoms with Crippen molar-refractivity contribution in [1.29, 1.82) is 0 Å². The summed E-state index contributed by atoms with van der Waals surface area (Å²) >= 11 is 3.08. The van der Waals surface area contributed by atoms with E-state index in [9.17, 15) is 4.79 Å². The van der Waals surface area contributed by atoms with Gasteiger partial charge in [0.05, 0.1) is 0 Å². The molecule has 0 spiro atoms. The van der Waals surface area contributed by atoms with Gasteiger partial charge in [0.15, 0.2) is 0 Å². The molecule has 0 aliphatic carbocycles. The molecule has 2 nitrogen and oxygen atoms in total. The predicted octanol–water partition coefficient (Wildman–Crippen LogP) is 2.27. The monoisotopic (exact) mass is 208 g/mol. The molecule has 0 heterocycles. The number of carboxylic acids is 1. The number of alkyl halides is 1. The highest BCUT2D eigenvalue weighted by atomic mass is 79.9. The van der Waals surface area contributed by atoms with Gasteiger partial charge in [0.2, 0.25) is 0 Å². The summed E-state index contributed by atoms with van der Waals surface area (Å²) in [6.07, 6.45) is 0.655. The van der Waals surface area contributed by atoms with E-state index in [4.69, 9.17) is 5.11 Å². The molecule has 1 atom stereocenters. The SMILES string of the molecule is CC(C)(C)CC(Br)C(=O)O. The maximum atomic E-state index is 10.3. The second-order valence-electron chi connectivity index (χ2n) is 3.57. The zero-order valence-electron chi connectivity index (χ0n) is 6.52. The summed E-state index contributed by atoms with van der Waals surface area (Å²) in [4.78, 5) is 9.92. The third kappa shape index (κ3) is 4.79. The molecule has 0 radical (unpaired) electrons. The molecule has 0 rings (SSSR count). The number of aliphatic carboxylic acids is 1. The Morgan fingerprint density at radius 2 is 2.00 bits per heavy atom. The first kappa shape index (κ1) is 9.95. The van der Waals surface area contributed by atoms with Crippen LogP contribution in [0.4, 0.5) is 0 Å². The van der Waals surface area contributed by atoms with E-state index in [1.807, 2.05) is 20.8 Å². The van der Waals surface area contributed by atoms with E-state index in [1.54, 1.807) is 0 Å². The molecule has 0 amide bonds. The Kier molecular flexibility index (Phi) is 3.36. The summed E-state index contributed by atoms with van der Waals surface area (Å²) in [6, 6.07) is 0. The molecule has 0 aromatic carbocycles. The van der Waals surface area contributed by atoms with Gasteiger partial charge >= 0.3 is 5.97 Å². The van der Waals surface area contributed by atoms with E-state index in [0.717, 1.165) is 0 Å². The first-order chi connectivity index (χ1) is 4.33. The van der Waals surface area contributed by atoms with Crippen molar-refractivity contribution in [3.05, 3.63) is 0 Å². The standard InChI is InChI=1S/C7H13BrO2/c1-7(2,3)4-5(8)6(9)10/h5H,4H2,1-3H3,(H,9,10). The molecular formula is C7H13BrO2. The van der Waals surface area contributed by atoms with Crippen LogP contribution in [0.1, 0.15) is 27.2 Å². The van der Waals surface area contributed by atoms with Gasteiger partial charge in [-0.1, -0.05) is 36.7 Å². The maximum Gasteiger partial charge on any atom is 0.317 e. The molecule has 10 heavy (non-hydrogen) atoms. The average Bonchev–Trinajstić information content (AvgIpc) is 1.60. The van der Waals surface area contributed by atoms with E-state index in [0.29, 0.717) is 6.42 Å². The molecule has 0 aliphatic heterocycles. The van der Waals surface area contributed by atoms with Crippen molar-refractivity contribution in [3.8, 4) is 0 Å². The lowest BCUT2D eigenvalue weighted by Crippen LogP contribution is -2.20. The van der Waals surface area contributed by atoms with Crippen LogP contribution in [0, 0.1) is 5.41 Å². The number of carbonyl (C=O) groups is 1. The molecule has 0 bridgehead atoms. The Balaban J connectivity index is 3.80. The highest BCUT2D eigenvalue weighted by molar-refractivity contribution is 9.10. The van der Waals surface area contributed by atoms with Gasteiger partial charge in [-0.05, 0) is 11.8 Å². The van der Waals surface area contributed by atoms with Crippen LogP contribution in [0.15, 0.2) is 0 Å². The highest BCUT2D eigenvalue weighted by Crippen LogP contribution is 2.24. The summed E-state index contributed by atoms with van der Waals surface area (Å²) < 4.78 is 0. The minimum absolute atomic E-state index is 0.0759. The summed E-state index contributed by atoms with van der Waals surface area (Å²) in [7, 11) is 0. The molecule has 0 aromatic heterocycles. The van der Waals surface area contributed by atoms with E-state index in [1.165, 1.54) is 0 Å². The van der Waals surface area contributed by atoms with Crippen LogP contribution in [0.5, 0.6) is 0 Å². The van der Waals surface area contributed by atoms with Gasteiger partial charge in [-0.15, -0.1) is 0 Å². The zero-order chi connectivity index (χ0) is 8.36. The van der Waals surface area contributed by atoms with Gasteiger partial charge in [-0.2, -0.15) is 0 Å². The minimum Gasteiger partial charge on any atom is -0.480 e. The fourth-order valence-corrected chi connectivity index (χ4v) is 1.60. The Bertz CT molecular complexity index is 126. The second kappa shape index (κ2) is 3.37. The van der Waals surface area contributed by atoms with Crippen LogP contribution in [0.25, 0.3) is 0 Å². The smallest absolute Gasteiger partial charge is 0.317 e. The molecule has 0 saturated heterocycles. The first-order valence-electron chi connectivity index (χ1n) is 3.20. The lowest BCUT2D eigenvalue weighted by molar-refractivity contribution is -0.136. The average molecular weight is 209 g/mol. The third-order valence-corrected chi connectivity index (χ3v) is 1.77. The first-order valence-corrected chi connectivity index (χ1v) is 4.11. The number of halogens is 1. The number of hydrogen-bond acceptors (Lipinski definition) is 1. The molecule has 1 unspecified atom stereocenters. The maximum absolute atomic E-state index is 10.3. The van der Waals surface area contributed by atoms with Crippen LogP contribution in [-0.2, 0) is 4.79 Å². The predicted molar refractivity (Wildman–Crippen MR) is 44.4 cm³/mol. The Labute approximate surface area is 69.8 Å². The van der Waals surface area contributed by atoms with Crippen LogP contribution in [0.2, 0.25) is 0 Å².